The number of carbonyl (C=O) groups is 1. The normalized spacial score (nSPS) is 26.3. The second-order valence-corrected chi connectivity index (χ2v) is 9.91. The molecule has 6 nitrogen and oxygen atoms in total. The van der Waals surface area contributed by atoms with Crippen LogP contribution in [0.25, 0.3) is 0 Å². The molecule has 2 heterocycles. The van der Waals surface area contributed by atoms with Crippen LogP contribution in [0, 0.1) is 17.8 Å². The van der Waals surface area contributed by atoms with E-state index >= 15 is 0 Å². The van der Waals surface area contributed by atoms with Crippen molar-refractivity contribution in [1.29, 1.82) is 0 Å². The first kappa shape index (κ1) is 22.5. The van der Waals surface area contributed by atoms with E-state index in [0.717, 1.165) is 57.0 Å². The maximum atomic E-state index is 12.4. The van der Waals surface area contributed by atoms with E-state index in [1.165, 1.54) is 45.1 Å². The number of carbonyl (C=O) groups excluding carboxylic acids is 1. The van der Waals surface area contributed by atoms with Crippen LogP contribution in [0.2, 0.25) is 0 Å². The first-order chi connectivity index (χ1) is 15.1. The monoisotopic (exact) mass is 428 g/mol. The molecule has 2 aliphatic carbocycles. The van der Waals surface area contributed by atoms with Crippen LogP contribution >= 0.6 is 0 Å². The molecule has 0 spiro atoms. The Morgan fingerprint density at radius 3 is 2.68 bits per heavy atom. The molecule has 1 atom stereocenters. The summed E-state index contributed by atoms with van der Waals surface area (Å²) in [5.74, 6) is 3.08. The molecule has 1 aliphatic heterocycles. The average Bonchev–Trinajstić information content (AvgIpc) is 3.64. The molecule has 4 rings (SSSR count). The fourth-order valence-electron chi connectivity index (χ4n) is 5.34. The topological polar surface area (TPSA) is 57.7 Å². The number of nitrogens with one attached hydrogen (secondary N) is 1. The number of aromatic nitrogens is 1. The molecule has 1 unspecified atom stereocenters. The van der Waals surface area contributed by atoms with E-state index in [4.69, 9.17) is 9.72 Å². The van der Waals surface area contributed by atoms with E-state index in [0.29, 0.717) is 17.5 Å². The predicted octanol–water partition coefficient (Wildman–Crippen LogP) is 3.57. The molecule has 1 aromatic heterocycles. The SMILES string of the molecule is COCC(C)C1CCC(N2CCCN(c3cccc(C(=O)NCC4CC4)n3)CC2)CC1. The third kappa shape index (κ3) is 6.19. The first-order valence-electron chi connectivity index (χ1n) is 12.4. The lowest BCUT2D eigenvalue weighted by Crippen LogP contribution is -2.41. The highest BCUT2D eigenvalue weighted by atomic mass is 16.5. The summed E-state index contributed by atoms with van der Waals surface area (Å²) < 4.78 is 5.37. The summed E-state index contributed by atoms with van der Waals surface area (Å²) >= 11 is 0. The minimum atomic E-state index is -0.0374. The Balaban J connectivity index is 1.28. The summed E-state index contributed by atoms with van der Waals surface area (Å²) in [6, 6.07) is 6.58. The Labute approximate surface area is 187 Å². The first-order valence-corrected chi connectivity index (χ1v) is 12.4. The molecule has 0 radical (unpaired) electrons. The van der Waals surface area contributed by atoms with E-state index in [1.807, 2.05) is 19.2 Å². The number of pyridine rings is 1. The van der Waals surface area contributed by atoms with E-state index in [-0.39, 0.29) is 5.91 Å². The molecular formula is C25H40N4O2. The van der Waals surface area contributed by atoms with E-state index in [2.05, 4.69) is 28.1 Å². The van der Waals surface area contributed by atoms with Gasteiger partial charge in [-0.25, -0.2) is 4.98 Å². The van der Waals surface area contributed by atoms with E-state index in [9.17, 15) is 4.79 Å². The molecule has 2 saturated carbocycles. The Morgan fingerprint density at radius 1 is 1.13 bits per heavy atom. The molecule has 1 saturated heterocycles. The summed E-state index contributed by atoms with van der Waals surface area (Å²) in [4.78, 5) is 22.2. The summed E-state index contributed by atoms with van der Waals surface area (Å²) in [5, 5.41) is 3.04. The Bertz CT molecular complexity index is 715. The van der Waals surface area contributed by atoms with Crippen LogP contribution in [-0.4, -0.2) is 68.3 Å². The zero-order valence-electron chi connectivity index (χ0n) is 19.4. The maximum absolute atomic E-state index is 12.4. The van der Waals surface area contributed by atoms with Crippen molar-refractivity contribution in [3.63, 3.8) is 0 Å². The molecular weight excluding hydrogens is 388 g/mol. The van der Waals surface area contributed by atoms with Gasteiger partial charge in [0.15, 0.2) is 0 Å². The highest BCUT2D eigenvalue weighted by molar-refractivity contribution is 5.92. The standard InChI is InChI=1S/C25H40N4O2/c1-19(18-31-2)21-9-11-22(12-10-21)28-13-4-14-29(16-15-28)24-6-3-5-23(27-24)25(30)26-17-20-7-8-20/h3,5-6,19-22H,4,7-18H2,1-2H3,(H,26,30). The van der Waals surface area contributed by atoms with Crippen molar-refractivity contribution in [1.82, 2.24) is 15.2 Å². The zero-order valence-corrected chi connectivity index (χ0v) is 19.4. The van der Waals surface area contributed by atoms with Crippen molar-refractivity contribution < 1.29 is 9.53 Å². The fraction of sp³-hybridized carbons (Fsp3) is 0.760. The van der Waals surface area contributed by atoms with Gasteiger partial charge in [-0.3, -0.25) is 9.69 Å². The molecule has 0 bridgehead atoms. The largest absolute Gasteiger partial charge is 0.384 e. The highest BCUT2D eigenvalue weighted by Gasteiger charge is 2.30. The quantitative estimate of drug-likeness (QED) is 0.686. The zero-order chi connectivity index (χ0) is 21.6. The van der Waals surface area contributed by atoms with E-state index in [1.54, 1.807) is 0 Å². The minimum Gasteiger partial charge on any atom is -0.384 e. The van der Waals surface area contributed by atoms with Crippen LogP contribution in [0.15, 0.2) is 18.2 Å². The van der Waals surface area contributed by atoms with Crippen molar-refractivity contribution in [2.45, 2.75) is 57.9 Å². The van der Waals surface area contributed by atoms with Crippen LogP contribution in [0.3, 0.4) is 0 Å². The molecule has 0 aromatic carbocycles. The van der Waals surface area contributed by atoms with E-state index < -0.39 is 0 Å². The Kier molecular flexibility index (Phi) is 7.83. The number of amides is 1. The number of anilines is 1. The molecule has 1 amide bonds. The van der Waals surface area contributed by atoms with Crippen LogP contribution in [0.5, 0.6) is 0 Å². The summed E-state index contributed by atoms with van der Waals surface area (Å²) in [6.07, 6.45) is 8.92. The molecule has 172 valence electrons. The smallest absolute Gasteiger partial charge is 0.269 e. The summed E-state index contributed by atoms with van der Waals surface area (Å²) in [7, 11) is 1.82. The van der Waals surface area contributed by atoms with Gasteiger partial charge in [0, 0.05) is 52.5 Å². The third-order valence-electron chi connectivity index (χ3n) is 7.56. The van der Waals surface area contributed by atoms with Crippen LogP contribution < -0.4 is 10.2 Å². The molecule has 31 heavy (non-hydrogen) atoms. The van der Waals surface area contributed by atoms with Gasteiger partial charge in [-0.2, -0.15) is 0 Å². The van der Waals surface area contributed by atoms with Gasteiger partial charge in [-0.15, -0.1) is 0 Å². The predicted molar refractivity (Wildman–Crippen MR) is 124 cm³/mol. The lowest BCUT2D eigenvalue weighted by atomic mass is 9.78. The minimum absolute atomic E-state index is 0.0374. The lowest BCUT2D eigenvalue weighted by Gasteiger charge is -2.38. The van der Waals surface area contributed by atoms with Gasteiger partial charge in [0.1, 0.15) is 11.5 Å². The van der Waals surface area contributed by atoms with Crippen LogP contribution in [0.1, 0.15) is 62.4 Å². The number of ether oxygens (including phenoxy) is 1. The molecule has 3 aliphatic rings. The number of hydrogen-bond acceptors (Lipinski definition) is 5. The van der Waals surface area contributed by atoms with Gasteiger partial charge in [-0.05, 0) is 74.8 Å². The van der Waals surface area contributed by atoms with Gasteiger partial charge in [0.2, 0.25) is 0 Å². The number of hydrogen-bond donors (Lipinski definition) is 1. The summed E-state index contributed by atoms with van der Waals surface area (Å²) in [5.41, 5.74) is 0.544. The molecule has 1 N–H and O–H groups in total. The van der Waals surface area contributed by atoms with Crippen LogP contribution in [-0.2, 0) is 4.74 Å². The highest BCUT2D eigenvalue weighted by Crippen LogP contribution is 2.33. The van der Waals surface area contributed by atoms with Crippen molar-refractivity contribution in [3.8, 4) is 0 Å². The van der Waals surface area contributed by atoms with Crippen molar-refractivity contribution in [3.05, 3.63) is 23.9 Å². The van der Waals surface area contributed by atoms with Gasteiger partial charge in [0.25, 0.3) is 5.91 Å². The van der Waals surface area contributed by atoms with Gasteiger partial charge < -0.3 is 15.0 Å². The van der Waals surface area contributed by atoms with Gasteiger partial charge >= 0.3 is 0 Å². The number of nitrogens with zero attached hydrogens (tertiary/aromatic N) is 3. The molecule has 1 aromatic rings. The van der Waals surface area contributed by atoms with Crippen molar-refractivity contribution >= 4 is 11.7 Å². The third-order valence-corrected chi connectivity index (χ3v) is 7.56. The maximum Gasteiger partial charge on any atom is 0.269 e. The molecule has 3 fully saturated rings. The van der Waals surface area contributed by atoms with Crippen LogP contribution in [0.4, 0.5) is 5.82 Å². The number of methoxy groups -OCH3 is 1. The van der Waals surface area contributed by atoms with Crippen molar-refractivity contribution in [2.24, 2.45) is 17.8 Å². The van der Waals surface area contributed by atoms with Gasteiger partial charge in [0.05, 0.1) is 0 Å². The Hall–Kier alpha value is -1.66. The second-order valence-electron chi connectivity index (χ2n) is 9.91. The van der Waals surface area contributed by atoms with Crippen molar-refractivity contribution in [2.75, 3.05) is 51.3 Å². The number of rotatable bonds is 8. The molecule has 6 heteroatoms. The van der Waals surface area contributed by atoms with Gasteiger partial charge in [-0.1, -0.05) is 13.0 Å². The fourth-order valence-corrected chi connectivity index (χ4v) is 5.34. The summed E-state index contributed by atoms with van der Waals surface area (Å²) in [6.45, 7) is 8.26. The Morgan fingerprint density at radius 2 is 1.94 bits per heavy atom. The second kappa shape index (κ2) is 10.8. The lowest BCUT2D eigenvalue weighted by molar-refractivity contribution is 0.0853. The average molecular weight is 429 g/mol.